The molecular formula is C20H17N7O. The van der Waals surface area contributed by atoms with Crippen molar-refractivity contribution in [1.82, 2.24) is 24.7 Å². The molecule has 0 radical (unpaired) electrons. The average molecular weight is 371 g/mol. The molecule has 0 saturated carbocycles. The van der Waals surface area contributed by atoms with Gasteiger partial charge in [-0.15, -0.1) is 0 Å². The smallest absolute Gasteiger partial charge is 0.274 e. The highest BCUT2D eigenvalue weighted by atomic mass is 16.1. The SMILES string of the molecule is Cc1nc(Nc2ccc(NC(=O)c3ccccn3)cc2)cc(-n2cccn2)n1. The van der Waals surface area contributed by atoms with Gasteiger partial charge < -0.3 is 10.6 Å². The molecule has 0 spiro atoms. The molecule has 138 valence electrons. The Kier molecular flexibility index (Phi) is 4.75. The van der Waals surface area contributed by atoms with Crippen molar-refractivity contribution in [3.05, 3.63) is 84.7 Å². The van der Waals surface area contributed by atoms with Crippen molar-refractivity contribution in [2.75, 3.05) is 10.6 Å². The van der Waals surface area contributed by atoms with E-state index in [4.69, 9.17) is 0 Å². The van der Waals surface area contributed by atoms with Crippen molar-refractivity contribution < 1.29 is 4.79 Å². The summed E-state index contributed by atoms with van der Waals surface area (Å²) in [4.78, 5) is 25.0. The molecule has 1 amide bonds. The van der Waals surface area contributed by atoms with E-state index in [1.54, 1.807) is 35.3 Å². The standard InChI is InChI=1S/C20H17N7O/c1-14-23-18(13-19(24-14)27-12-4-11-22-27)25-15-6-8-16(9-7-15)26-20(28)17-5-2-3-10-21-17/h2-13H,1H3,(H,26,28)(H,23,24,25). The minimum Gasteiger partial charge on any atom is -0.340 e. The molecule has 0 aliphatic carbocycles. The van der Waals surface area contributed by atoms with Gasteiger partial charge in [-0.3, -0.25) is 9.78 Å². The summed E-state index contributed by atoms with van der Waals surface area (Å²) in [6, 6.07) is 16.2. The number of carbonyl (C=O) groups is 1. The van der Waals surface area contributed by atoms with Crippen LogP contribution in [0.2, 0.25) is 0 Å². The first-order valence-corrected chi connectivity index (χ1v) is 8.62. The van der Waals surface area contributed by atoms with Gasteiger partial charge in [0.25, 0.3) is 5.91 Å². The zero-order chi connectivity index (χ0) is 19.3. The van der Waals surface area contributed by atoms with E-state index in [1.165, 1.54) is 0 Å². The minimum atomic E-state index is -0.253. The Morgan fingerprint density at radius 3 is 2.50 bits per heavy atom. The van der Waals surface area contributed by atoms with E-state index < -0.39 is 0 Å². The molecule has 4 aromatic rings. The van der Waals surface area contributed by atoms with E-state index in [-0.39, 0.29) is 5.91 Å². The van der Waals surface area contributed by atoms with Crippen LogP contribution in [0.15, 0.2) is 73.2 Å². The normalized spacial score (nSPS) is 10.5. The van der Waals surface area contributed by atoms with E-state index in [0.717, 1.165) is 5.69 Å². The van der Waals surface area contributed by atoms with Crippen LogP contribution in [-0.4, -0.2) is 30.6 Å². The number of nitrogens with zero attached hydrogens (tertiary/aromatic N) is 5. The van der Waals surface area contributed by atoms with Gasteiger partial charge in [0.15, 0.2) is 5.82 Å². The summed E-state index contributed by atoms with van der Waals surface area (Å²) < 4.78 is 1.68. The van der Waals surface area contributed by atoms with Crippen LogP contribution in [0.4, 0.5) is 17.2 Å². The summed E-state index contributed by atoms with van der Waals surface area (Å²) in [5.41, 5.74) is 1.88. The highest BCUT2D eigenvalue weighted by Gasteiger charge is 2.07. The topological polar surface area (TPSA) is 97.6 Å². The van der Waals surface area contributed by atoms with Crippen LogP contribution < -0.4 is 10.6 Å². The zero-order valence-electron chi connectivity index (χ0n) is 15.1. The van der Waals surface area contributed by atoms with Crippen molar-refractivity contribution in [3.8, 4) is 5.82 Å². The van der Waals surface area contributed by atoms with Crippen LogP contribution in [-0.2, 0) is 0 Å². The molecule has 0 atom stereocenters. The van der Waals surface area contributed by atoms with Crippen LogP contribution in [0, 0.1) is 6.92 Å². The van der Waals surface area contributed by atoms with Gasteiger partial charge >= 0.3 is 0 Å². The van der Waals surface area contributed by atoms with Gasteiger partial charge in [0, 0.05) is 36.0 Å². The van der Waals surface area contributed by atoms with E-state index >= 15 is 0 Å². The third kappa shape index (κ3) is 4.01. The molecule has 28 heavy (non-hydrogen) atoms. The lowest BCUT2D eigenvalue weighted by Crippen LogP contribution is -2.13. The van der Waals surface area contributed by atoms with Gasteiger partial charge in [-0.05, 0) is 49.4 Å². The summed E-state index contributed by atoms with van der Waals surface area (Å²) in [5.74, 6) is 1.72. The fourth-order valence-corrected chi connectivity index (χ4v) is 2.61. The maximum absolute atomic E-state index is 12.2. The number of benzene rings is 1. The Balaban J connectivity index is 1.47. The van der Waals surface area contributed by atoms with Crippen LogP contribution >= 0.6 is 0 Å². The maximum atomic E-state index is 12.2. The Labute approximate surface area is 161 Å². The number of nitrogens with one attached hydrogen (secondary N) is 2. The molecule has 4 rings (SSSR count). The lowest BCUT2D eigenvalue weighted by atomic mass is 10.2. The number of rotatable bonds is 5. The van der Waals surface area contributed by atoms with Crippen molar-refractivity contribution in [3.63, 3.8) is 0 Å². The predicted octanol–water partition coefficient (Wildman–Crippen LogP) is 3.36. The van der Waals surface area contributed by atoms with E-state index in [2.05, 4.69) is 30.7 Å². The number of hydrogen-bond donors (Lipinski definition) is 2. The highest BCUT2D eigenvalue weighted by Crippen LogP contribution is 2.19. The van der Waals surface area contributed by atoms with Crippen molar-refractivity contribution >= 4 is 23.1 Å². The van der Waals surface area contributed by atoms with Crippen LogP contribution in [0.5, 0.6) is 0 Å². The fraction of sp³-hybridized carbons (Fsp3) is 0.0500. The summed E-state index contributed by atoms with van der Waals surface area (Å²) >= 11 is 0. The van der Waals surface area contributed by atoms with Gasteiger partial charge in [-0.1, -0.05) is 6.07 Å². The summed E-state index contributed by atoms with van der Waals surface area (Å²) in [6.45, 7) is 1.83. The fourth-order valence-electron chi connectivity index (χ4n) is 2.61. The third-order valence-electron chi connectivity index (χ3n) is 3.88. The maximum Gasteiger partial charge on any atom is 0.274 e. The molecule has 3 heterocycles. The number of amides is 1. The number of hydrogen-bond acceptors (Lipinski definition) is 6. The Hall–Kier alpha value is -4.07. The number of anilines is 3. The lowest BCUT2D eigenvalue weighted by molar-refractivity contribution is 0.102. The van der Waals surface area contributed by atoms with Gasteiger partial charge in [-0.25, -0.2) is 14.6 Å². The molecule has 0 bridgehead atoms. The number of aryl methyl sites for hydroxylation is 1. The molecule has 0 fully saturated rings. The number of carbonyl (C=O) groups excluding carboxylic acids is 1. The highest BCUT2D eigenvalue weighted by molar-refractivity contribution is 6.02. The van der Waals surface area contributed by atoms with Crippen LogP contribution in [0.3, 0.4) is 0 Å². The average Bonchev–Trinajstić information content (AvgIpc) is 3.25. The summed E-state index contributed by atoms with van der Waals surface area (Å²) in [5, 5.41) is 10.3. The van der Waals surface area contributed by atoms with E-state index in [0.29, 0.717) is 28.8 Å². The second-order valence-electron chi connectivity index (χ2n) is 5.98. The van der Waals surface area contributed by atoms with E-state index in [9.17, 15) is 4.79 Å². The lowest BCUT2D eigenvalue weighted by Gasteiger charge is -2.10. The molecule has 0 unspecified atom stereocenters. The largest absolute Gasteiger partial charge is 0.340 e. The van der Waals surface area contributed by atoms with Crippen molar-refractivity contribution in [2.45, 2.75) is 6.92 Å². The first kappa shape index (κ1) is 17.3. The second-order valence-corrected chi connectivity index (χ2v) is 5.98. The monoisotopic (exact) mass is 371 g/mol. The molecule has 2 N–H and O–H groups in total. The first-order valence-electron chi connectivity index (χ1n) is 8.62. The molecule has 0 saturated heterocycles. The Morgan fingerprint density at radius 2 is 1.79 bits per heavy atom. The minimum absolute atomic E-state index is 0.253. The van der Waals surface area contributed by atoms with E-state index in [1.807, 2.05) is 49.5 Å². The van der Waals surface area contributed by atoms with Gasteiger partial charge in [0.2, 0.25) is 0 Å². The van der Waals surface area contributed by atoms with Crippen LogP contribution in [0.25, 0.3) is 5.82 Å². The van der Waals surface area contributed by atoms with Gasteiger partial charge in [0.05, 0.1) is 0 Å². The number of aromatic nitrogens is 5. The van der Waals surface area contributed by atoms with Gasteiger partial charge in [0.1, 0.15) is 17.3 Å². The first-order chi connectivity index (χ1) is 13.7. The molecular weight excluding hydrogens is 354 g/mol. The Morgan fingerprint density at radius 1 is 0.964 bits per heavy atom. The third-order valence-corrected chi connectivity index (χ3v) is 3.88. The summed E-state index contributed by atoms with van der Waals surface area (Å²) in [6.07, 6.45) is 5.11. The summed E-state index contributed by atoms with van der Waals surface area (Å²) in [7, 11) is 0. The molecule has 3 aromatic heterocycles. The molecule has 0 aliphatic rings. The number of pyridine rings is 1. The Bertz CT molecular complexity index is 1080. The quantitative estimate of drug-likeness (QED) is 0.558. The molecule has 0 aliphatic heterocycles. The second kappa shape index (κ2) is 7.67. The predicted molar refractivity (Wildman–Crippen MR) is 106 cm³/mol. The van der Waals surface area contributed by atoms with Crippen molar-refractivity contribution in [2.24, 2.45) is 0 Å². The molecule has 8 nitrogen and oxygen atoms in total. The molecule has 1 aromatic carbocycles. The van der Waals surface area contributed by atoms with Gasteiger partial charge in [-0.2, -0.15) is 5.10 Å². The van der Waals surface area contributed by atoms with Crippen molar-refractivity contribution in [1.29, 1.82) is 0 Å². The van der Waals surface area contributed by atoms with Crippen LogP contribution in [0.1, 0.15) is 16.3 Å². The molecule has 8 heteroatoms. The zero-order valence-corrected chi connectivity index (χ0v) is 15.1.